The Labute approximate surface area is 206 Å². The van der Waals surface area contributed by atoms with E-state index in [1.165, 1.54) is 18.4 Å². The molecule has 180 valence electrons. The molecule has 5 rings (SSSR count). The van der Waals surface area contributed by atoms with Crippen molar-refractivity contribution in [3.63, 3.8) is 0 Å². The largest absolute Gasteiger partial charge is 0.497 e. The molecule has 1 unspecified atom stereocenters. The highest BCUT2D eigenvalue weighted by atomic mass is 32.1. The van der Waals surface area contributed by atoms with Crippen LogP contribution in [0.5, 0.6) is 5.75 Å². The average molecular weight is 492 g/mol. The molecular formula is C26H25N3O5S. The third kappa shape index (κ3) is 4.65. The number of carbonyl (C=O) groups is 2. The Morgan fingerprint density at radius 3 is 2.49 bits per heavy atom. The molecule has 4 aromatic rings. The predicted octanol–water partition coefficient (Wildman–Crippen LogP) is 4.24. The second-order valence-electron chi connectivity index (χ2n) is 8.18. The summed E-state index contributed by atoms with van der Waals surface area (Å²) in [6.45, 7) is 2.06. The van der Waals surface area contributed by atoms with Gasteiger partial charge in [-0.25, -0.2) is 9.78 Å². The number of piperazine rings is 1. The molecule has 1 aliphatic heterocycles. The number of hydrogen-bond acceptors (Lipinski definition) is 8. The van der Waals surface area contributed by atoms with E-state index in [1.807, 2.05) is 53.4 Å². The number of hydrogen-bond donors (Lipinski definition) is 0. The molecule has 1 atom stereocenters. The van der Waals surface area contributed by atoms with Gasteiger partial charge in [-0.3, -0.25) is 9.69 Å². The van der Waals surface area contributed by atoms with Crippen molar-refractivity contribution < 1.29 is 23.5 Å². The number of nitrogens with zero attached hydrogens (tertiary/aromatic N) is 3. The highest BCUT2D eigenvalue weighted by Crippen LogP contribution is 2.33. The Balaban J connectivity index is 1.27. The van der Waals surface area contributed by atoms with Gasteiger partial charge in [-0.2, -0.15) is 0 Å². The zero-order chi connectivity index (χ0) is 24.4. The molecule has 1 fully saturated rings. The van der Waals surface area contributed by atoms with Crippen LogP contribution >= 0.6 is 11.3 Å². The number of methoxy groups -OCH3 is 2. The fraction of sp³-hybridized carbons (Fsp3) is 0.269. The summed E-state index contributed by atoms with van der Waals surface area (Å²) >= 11 is 1.49. The van der Waals surface area contributed by atoms with Gasteiger partial charge >= 0.3 is 5.97 Å². The van der Waals surface area contributed by atoms with Crippen LogP contribution in [0.4, 0.5) is 0 Å². The van der Waals surface area contributed by atoms with E-state index in [0.29, 0.717) is 36.9 Å². The van der Waals surface area contributed by atoms with Crippen LogP contribution in [-0.2, 0) is 9.53 Å². The number of rotatable bonds is 6. The van der Waals surface area contributed by atoms with Crippen LogP contribution in [0.3, 0.4) is 0 Å². The number of esters is 1. The summed E-state index contributed by atoms with van der Waals surface area (Å²) in [5, 5.41) is 0.709. The van der Waals surface area contributed by atoms with E-state index in [4.69, 9.17) is 13.9 Å². The third-order valence-electron chi connectivity index (χ3n) is 6.13. The number of amides is 1. The standard InChI is InChI=1S/C26H25N3O5S/c1-32-18-8-9-19-22(16-18)35-24(27-19)20-10-11-21(34-20)25(30)29-14-12-28(13-15-29)23(26(31)33-2)17-6-4-3-5-7-17/h3-11,16,23H,12-15H2,1-2H3. The maximum atomic E-state index is 13.1. The van der Waals surface area contributed by atoms with Gasteiger partial charge in [-0.1, -0.05) is 30.3 Å². The van der Waals surface area contributed by atoms with Crippen LogP contribution in [-0.4, -0.2) is 67.1 Å². The molecule has 2 aromatic heterocycles. The first kappa shape index (κ1) is 23.1. The van der Waals surface area contributed by atoms with Gasteiger partial charge in [-0.15, -0.1) is 11.3 Å². The van der Waals surface area contributed by atoms with Crippen molar-refractivity contribution in [2.45, 2.75) is 6.04 Å². The van der Waals surface area contributed by atoms with E-state index < -0.39 is 6.04 Å². The summed E-state index contributed by atoms with van der Waals surface area (Å²) in [4.78, 5) is 34.1. The van der Waals surface area contributed by atoms with Crippen molar-refractivity contribution in [3.8, 4) is 16.5 Å². The molecular weight excluding hydrogens is 466 g/mol. The summed E-state index contributed by atoms with van der Waals surface area (Å²) in [6.07, 6.45) is 0. The van der Waals surface area contributed by atoms with Crippen LogP contribution in [0, 0.1) is 0 Å². The minimum absolute atomic E-state index is 0.173. The molecule has 8 nitrogen and oxygen atoms in total. The van der Waals surface area contributed by atoms with Gasteiger partial charge in [0, 0.05) is 26.2 Å². The molecule has 0 N–H and O–H groups in total. The fourth-order valence-corrected chi connectivity index (χ4v) is 5.24. The van der Waals surface area contributed by atoms with E-state index in [9.17, 15) is 9.59 Å². The predicted molar refractivity (Wildman–Crippen MR) is 133 cm³/mol. The molecule has 1 aliphatic rings. The van der Waals surface area contributed by atoms with Gasteiger partial charge in [-0.05, 0) is 35.9 Å². The SMILES string of the molecule is COC(=O)C(c1ccccc1)N1CCN(C(=O)c2ccc(-c3nc4ccc(OC)cc4s3)o2)CC1. The van der Waals surface area contributed by atoms with Crippen LogP contribution in [0.2, 0.25) is 0 Å². The van der Waals surface area contributed by atoms with Crippen molar-refractivity contribution in [3.05, 3.63) is 72.0 Å². The first-order chi connectivity index (χ1) is 17.1. The highest BCUT2D eigenvalue weighted by Gasteiger charge is 2.33. The summed E-state index contributed by atoms with van der Waals surface area (Å²) in [7, 11) is 3.03. The van der Waals surface area contributed by atoms with E-state index in [-0.39, 0.29) is 17.6 Å². The van der Waals surface area contributed by atoms with Crippen molar-refractivity contribution in [2.75, 3.05) is 40.4 Å². The van der Waals surface area contributed by atoms with E-state index in [0.717, 1.165) is 21.5 Å². The maximum absolute atomic E-state index is 13.1. The van der Waals surface area contributed by atoms with Gasteiger partial charge in [0.1, 0.15) is 11.8 Å². The highest BCUT2D eigenvalue weighted by molar-refractivity contribution is 7.21. The molecule has 0 spiro atoms. The van der Waals surface area contributed by atoms with Crippen molar-refractivity contribution in [1.82, 2.24) is 14.8 Å². The lowest BCUT2D eigenvalue weighted by Gasteiger charge is -2.37. The van der Waals surface area contributed by atoms with Gasteiger partial charge in [0.25, 0.3) is 5.91 Å². The van der Waals surface area contributed by atoms with E-state index in [1.54, 1.807) is 24.1 Å². The van der Waals surface area contributed by atoms with Gasteiger partial charge in [0.2, 0.25) is 0 Å². The Morgan fingerprint density at radius 1 is 1.00 bits per heavy atom. The monoisotopic (exact) mass is 491 g/mol. The molecule has 0 bridgehead atoms. The second-order valence-corrected chi connectivity index (χ2v) is 9.21. The number of aromatic nitrogens is 1. The Morgan fingerprint density at radius 2 is 1.77 bits per heavy atom. The van der Waals surface area contributed by atoms with E-state index in [2.05, 4.69) is 4.98 Å². The lowest BCUT2D eigenvalue weighted by Crippen LogP contribution is -2.51. The normalized spacial score (nSPS) is 15.2. The average Bonchev–Trinajstić information content (AvgIpc) is 3.56. The van der Waals surface area contributed by atoms with Crippen LogP contribution in [0.1, 0.15) is 22.2 Å². The number of ether oxygens (including phenoxy) is 2. The number of carbonyl (C=O) groups excluding carboxylic acids is 2. The molecule has 3 heterocycles. The number of fused-ring (bicyclic) bond motifs is 1. The van der Waals surface area contributed by atoms with E-state index >= 15 is 0 Å². The number of thiazole rings is 1. The summed E-state index contributed by atoms with van der Waals surface area (Å²) in [5.74, 6) is 1.12. The van der Waals surface area contributed by atoms with Crippen LogP contribution < -0.4 is 4.74 Å². The zero-order valence-corrected chi connectivity index (χ0v) is 20.3. The molecule has 1 amide bonds. The smallest absolute Gasteiger partial charge is 0.327 e. The lowest BCUT2D eigenvalue weighted by atomic mass is 10.0. The Kier molecular flexibility index (Phi) is 6.52. The molecule has 9 heteroatoms. The molecule has 35 heavy (non-hydrogen) atoms. The Bertz CT molecular complexity index is 1340. The quantitative estimate of drug-likeness (QED) is 0.373. The Hall–Kier alpha value is -3.69. The first-order valence-corrected chi connectivity index (χ1v) is 12.1. The molecule has 2 aromatic carbocycles. The zero-order valence-electron chi connectivity index (χ0n) is 19.5. The molecule has 0 saturated carbocycles. The van der Waals surface area contributed by atoms with Crippen LogP contribution in [0.15, 0.2) is 65.1 Å². The van der Waals surface area contributed by atoms with Crippen molar-refractivity contribution >= 4 is 33.4 Å². The van der Waals surface area contributed by atoms with Gasteiger partial charge in [0.05, 0.1) is 24.4 Å². The van der Waals surface area contributed by atoms with Gasteiger partial charge < -0.3 is 18.8 Å². The third-order valence-corrected chi connectivity index (χ3v) is 7.16. The summed E-state index contributed by atoms with van der Waals surface area (Å²) in [5.41, 5.74) is 1.73. The fourth-order valence-electron chi connectivity index (χ4n) is 4.29. The van der Waals surface area contributed by atoms with Crippen LogP contribution in [0.25, 0.3) is 21.0 Å². The summed E-state index contributed by atoms with van der Waals surface area (Å²) in [6, 6.07) is 18.2. The van der Waals surface area contributed by atoms with Gasteiger partial charge in [0.15, 0.2) is 16.5 Å². The van der Waals surface area contributed by atoms with Crippen molar-refractivity contribution in [1.29, 1.82) is 0 Å². The molecule has 0 radical (unpaired) electrons. The minimum Gasteiger partial charge on any atom is -0.497 e. The second kappa shape index (κ2) is 9.89. The minimum atomic E-state index is -0.494. The number of furan rings is 1. The van der Waals surface area contributed by atoms with Crippen molar-refractivity contribution in [2.24, 2.45) is 0 Å². The summed E-state index contributed by atoms with van der Waals surface area (Å²) < 4.78 is 17.2. The maximum Gasteiger partial charge on any atom is 0.327 e. The topological polar surface area (TPSA) is 85.1 Å². The first-order valence-electron chi connectivity index (χ1n) is 11.3. The number of benzene rings is 2. The molecule has 1 saturated heterocycles. The lowest BCUT2D eigenvalue weighted by molar-refractivity contribution is -0.148. The molecule has 0 aliphatic carbocycles.